The molecule has 0 spiro atoms. The second kappa shape index (κ2) is 5.64. The summed E-state index contributed by atoms with van der Waals surface area (Å²) in [6.45, 7) is 2.27. The van der Waals surface area contributed by atoms with Gasteiger partial charge in [-0.1, -0.05) is 41.4 Å². The van der Waals surface area contributed by atoms with Crippen LogP contribution in [0.4, 0.5) is 0 Å². The van der Waals surface area contributed by atoms with Gasteiger partial charge in [0, 0.05) is 21.2 Å². The summed E-state index contributed by atoms with van der Waals surface area (Å²) >= 11 is 12.6. The minimum Gasteiger partial charge on any atom is -0.361 e. The summed E-state index contributed by atoms with van der Waals surface area (Å²) in [5, 5.41) is 9.68. The molecule has 1 atom stereocenters. The zero-order chi connectivity index (χ0) is 16.0. The third-order valence-electron chi connectivity index (χ3n) is 3.97. The maximum atomic E-state index is 6.39. The van der Waals surface area contributed by atoms with Gasteiger partial charge in [0.15, 0.2) is 5.82 Å². The first-order chi connectivity index (χ1) is 11.1. The maximum absolute atomic E-state index is 6.39. The number of aryl methyl sites for hydroxylation is 1. The highest BCUT2D eigenvalue weighted by atomic mass is 35.5. The normalized spacial score (nSPS) is 16.6. The molecule has 0 bridgehead atoms. The van der Waals surface area contributed by atoms with Gasteiger partial charge in [-0.05, 0) is 31.2 Å². The van der Waals surface area contributed by atoms with Gasteiger partial charge in [-0.25, -0.2) is 0 Å². The summed E-state index contributed by atoms with van der Waals surface area (Å²) in [4.78, 5) is 0. The molecule has 1 aromatic heterocycles. The average molecular weight is 346 g/mol. The SMILES string of the molecule is Cc1nnc2n1-c1ccc(Cl)cc1C(c1ccccc1Cl)OC2. The molecule has 116 valence electrons. The van der Waals surface area contributed by atoms with Crippen molar-refractivity contribution >= 4 is 23.2 Å². The van der Waals surface area contributed by atoms with Gasteiger partial charge in [0.1, 0.15) is 18.5 Å². The topological polar surface area (TPSA) is 39.9 Å². The van der Waals surface area contributed by atoms with E-state index in [4.69, 9.17) is 27.9 Å². The van der Waals surface area contributed by atoms with Crippen molar-refractivity contribution in [3.05, 3.63) is 75.3 Å². The summed E-state index contributed by atoms with van der Waals surface area (Å²) in [6, 6.07) is 13.4. The highest BCUT2D eigenvalue weighted by molar-refractivity contribution is 6.31. The van der Waals surface area contributed by atoms with Crippen molar-refractivity contribution in [2.45, 2.75) is 19.6 Å². The van der Waals surface area contributed by atoms with Crippen molar-refractivity contribution in [1.29, 1.82) is 0 Å². The van der Waals surface area contributed by atoms with Crippen LogP contribution in [0, 0.1) is 6.92 Å². The Kier molecular flexibility index (Phi) is 3.60. The summed E-state index contributed by atoms with van der Waals surface area (Å²) in [6.07, 6.45) is -0.307. The van der Waals surface area contributed by atoms with E-state index in [1.807, 2.05) is 54.0 Å². The molecule has 4 nitrogen and oxygen atoms in total. The van der Waals surface area contributed by atoms with Crippen LogP contribution in [0.1, 0.15) is 28.9 Å². The monoisotopic (exact) mass is 345 g/mol. The van der Waals surface area contributed by atoms with Crippen molar-refractivity contribution in [2.75, 3.05) is 0 Å². The average Bonchev–Trinajstić information content (AvgIpc) is 2.82. The molecule has 3 aromatic rings. The molecule has 1 aliphatic rings. The van der Waals surface area contributed by atoms with Gasteiger partial charge in [0.05, 0.1) is 5.69 Å². The first-order valence-electron chi connectivity index (χ1n) is 7.22. The van der Waals surface area contributed by atoms with Gasteiger partial charge in [-0.2, -0.15) is 0 Å². The Morgan fingerprint density at radius 1 is 1.09 bits per heavy atom. The molecule has 0 radical (unpaired) electrons. The van der Waals surface area contributed by atoms with E-state index >= 15 is 0 Å². The lowest BCUT2D eigenvalue weighted by atomic mass is 9.99. The van der Waals surface area contributed by atoms with E-state index < -0.39 is 0 Å². The fourth-order valence-electron chi connectivity index (χ4n) is 2.94. The van der Waals surface area contributed by atoms with Crippen molar-refractivity contribution in [3.8, 4) is 5.69 Å². The van der Waals surface area contributed by atoms with Crippen LogP contribution in [0.25, 0.3) is 5.69 Å². The number of hydrogen-bond acceptors (Lipinski definition) is 3. The molecule has 0 N–H and O–H groups in total. The summed E-state index contributed by atoms with van der Waals surface area (Å²) in [5.74, 6) is 1.58. The molecule has 0 amide bonds. The van der Waals surface area contributed by atoms with Crippen molar-refractivity contribution < 1.29 is 4.74 Å². The van der Waals surface area contributed by atoms with Crippen LogP contribution in [0.3, 0.4) is 0 Å². The molecule has 1 aliphatic heterocycles. The number of rotatable bonds is 1. The predicted octanol–water partition coefficient (Wildman–Crippen LogP) is 4.50. The molecule has 4 rings (SSSR count). The summed E-state index contributed by atoms with van der Waals surface area (Å²) in [7, 11) is 0. The lowest BCUT2D eigenvalue weighted by Crippen LogP contribution is -2.07. The highest BCUT2D eigenvalue weighted by Crippen LogP contribution is 2.38. The zero-order valence-electron chi connectivity index (χ0n) is 12.3. The molecule has 1 unspecified atom stereocenters. The van der Waals surface area contributed by atoms with Crippen LogP contribution >= 0.6 is 23.2 Å². The lowest BCUT2D eigenvalue weighted by molar-refractivity contribution is 0.0655. The maximum Gasteiger partial charge on any atom is 0.163 e. The minimum atomic E-state index is -0.307. The van der Waals surface area contributed by atoms with Crippen molar-refractivity contribution in [1.82, 2.24) is 14.8 Å². The lowest BCUT2D eigenvalue weighted by Gasteiger charge is -2.20. The second-order valence-corrected chi connectivity index (χ2v) is 6.26. The Hall–Kier alpha value is -1.88. The van der Waals surface area contributed by atoms with E-state index in [1.54, 1.807) is 0 Å². The quantitative estimate of drug-likeness (QED) is 0.651. The van der Waals surface area contributed by atoms with Crippen LogP contribution < -0.4 is 0 Å². The molecule has 0 saturated heterocycles. The fourth-order valence-corrected chi connectivity index (χ4v) is 3.36. The third-order valence-corrected chi connectivity index (χ3v) is 4.55. The highest BCUT2D eigenvalue weighted by Gasteiger charge is 2.27. The predicted molar refractivity (Wildman–Crippen MR) is 89.2 cm³/mol. The standard InChI is InChI=1S/C17H13Cl2N3O/c1-10-20-21-16-9-23-17(12-4-2-3-5-14(12)19)13-8-11(18)6-7-15(13)22(10)16/h2-8,17H,9H2,1H3. The van der Waals surface area contributed by atoms with E-state index in [1.165, 1.54) is 0 Å². The molecule has 2 heterocycles. The molecule has 23 heavy (non-hydrogen) atoms. The van der Waals surface area contributed by atoms with Gasteiger partial charge in [-0.15, -0.1) is 10.2 Å². The number of halogens is 2. The fraction of sp³-hybridized carbons (Fsp3) is 0.176. The summed E-state index contributed by atoms with van der Waals surface area (Å²) < 4.78 is 8.13. The molecule has 2 aromatic carbocycles. The van der Waals surface area contributed by atoms with Gasteiger partial charge in [-0.3, -0.25) is 4.57 Å². The van der Waals surface area contributed by atoms with E-state index in [2.05, 4.69) is 10.2 Å². The Balaban J connectivity index is 1.97. The molecule has 0 saturated carbocycles. The second-order valence-electron chi connectivity index (χ2n) is 5.41. The smallest absolute Gasteiger partial charge is 0.163 e. The van der Waals surface area contributed by atoms with Crippen LogP contribution in [-0.4, -0.2) is 14.8 Å². The number of nitrogens with zero attached hydrogens (tertiary/aromatic N) is 3. The molecule has 0 fully saturated rings. The van der Waals surface area contributed by atoms with E-state index in [0.717, 1.165) is 28.5 Å². The summed E-state index contributed by atoms with van der Waals surface area (Å²) in [5.41, 5.74) is 2.83. The molecular weight excluding hydrogens is 333 g/mol. The first kappa shape index (κ1) is 14.7. The van der Waals surface area contributed by atoms with Crippen molar-refractivity contribution in [3.63, 3.8) is 0 Å². The zero-order valence-corrected chi connectivity index (χ0v) is 13.8. The van der Waals surface area contributed by atoms with E-state index in [-0.39, 0.29) is 6.10 Å². The molecule has 6 heteroatoms. The largest absolute Gasteiger partial charge is 0.361 e. The minimum absolute atomic E-state index is 0.307. The third kappa shape index (κ3) is 2.43. The van der Waals surface area contributed by atoms with Crippen LogP contribution in [-0.2, 0) is 11.3 Å². The number of ether oxygens (including phenoxy) is 1. The van der Waals surface area contributed by atoms with Gasteiger partial charge < -0.3 is 4.74 Å². The van der Waals surface area contributed by atoms with Gasteiger partial charge in [0.2, 0.25) is 0 Å². The number of benzene rings is 2. The van der Waals surface area contributed by atoms with E-state index in [0.29, 0.717) is 16.7 Å². The molecular formula is C17H13Cl2N3O. The number of aromatic nitrogens is 3. The van der Waals surface area contributed by atoms with Gasteiger partial charge >= 0.3 is 0 Å². The Bertz CT molecular complexity index is 891. The van der Waals surface area contributed by atoms with E-state index in [9.17, 15) is 0 Å². The number of hydrogen-bond donors (Lipinski definition) is 0. The first-order valence-corrected chi connectivity index (χ1v) is 7.97. The van der Waals surface area contributed by atoms with Crippen LogP contribution in [0.2, 0.25) is 10.0 Å². The Morgan fingerprint density at radius 2 is 1.91 bits per heavy atom. The Labute approximate surface area is 143 Å². The molecule has 0 aliphatic carbocycles. The van der Waals surface area contributed by atoms with Crippen LogP contribution in [0.5, 0.6) is 0 Å². The number of fused-ring (bicyclic) bond motifs is 3. The van der Waals surface area contributed by atoms with Crippen molar-refractivity contribution in [2.24, 2.45) is 0 Å². The Morgan fingerprint density at radius 3 is 2.74 bits per heavy atom. The van der Waals surface area contributed by atoms with Crippen LogP contribution in [0.15, 0.2) is 42.5 Å². The van der Waals surface area contributed by atoms with Gasteiger partial charge in [0.25, 0.3) is 0 Å².